The Bertz CT molecular complexity index is 2330. The molecule has 2 aliphatic rings. The van der Waals surface area contributed by atoms with E-state index in [4.69, 9.17) is 18.9 Å². The van der Waals surface area contributed by atoms with E-state index in [1.54, 1.807) is 0 Å². The van der Waals surface area contributed by atoms with Gasteiger partial charge in [-0.15, -0.1) is 4.31 Å². The van der Waals surface area contributed by atoms with Gasteiger partial charge in [0.05, 0.1) is 24.8 Å². The van der Waals surface area contributed by atoms with Crippen LogP contribution in [-0.2, 0) is 28.9 Å². The first-order valence-corrected chi connectivity index (χ1v) is 23.6. The van der Waals surface area contributed by atoms with Crippen LogP contribution in [0.4, 0.5) is 0 Å². The average Bonchev–Trinajstić information content (AvgIpc) is 3.85. The summed E-state index contributed by atoms with van der Waals surface area (Å²) >= 11 is -1.39. The number of rotatable bonds is 12. The SMILES string of the molecule is CN(C)CC#Cc1cccc(-c2nc(C(=O)NCc3ccc4c(c3)OCO4)cc3c2[C@@H](CCO[Si](c2ccccc2)(c2ccccc2)C(C)(C)C)N([S@+]([O-])C(C)(C)C)C3)c1. The van der Waals surface area contributed by atoms with Crippen LogP contribution in [0.2, 0.25) is 5.04 Å². The number of ether oxygens (including phenoxy) is 2. The largest absolute Gasteiger partial charge is 0.597 e. The van der Waals surface area contributed by atoms with Gasteiger partial charge in [-0.3, -0.25) is 9.69 Å². The molecule has 9 nitrogen and oxygen atoms in total. The van der Waals surface area contributed by atoms with Crippen molar-refractivity contribution in [1.82, 2.24) is 19.5 Å². The van der Waals surface area contributed by atoms with Crippen molar-refractivity contribution in [3.05, 3.63) is 137 Å². The van der Waals surface area contributed by atoms with Crippen LogP contribution in [0.15, 0.2) is 109 Å². The summed E-state index contributed by atoms with van der Waals surface area (Å²) in [5.74, 6) is 7.60. The average molecular weight is 841 g/mol. The smallest absolute Gasteiger partial charge is 0.270 e. The molecular weight excluding hydrogens is 785 g/mol. The van der Waals surface area contributed by atoms with Crippen LogP contribution in [0.5, 0.6) is 11.5 Å². The Labute approximate surface area is 359 Å². The summed E-state index contributed by atoms with van der Waals surface area (Å²) < 4.78 is 34.6. The number of aromatic nitrogens is 1. The molecule has 7 rings (SSSR count). The maximum absolute atomic E-state index is 14.6. The number of nitrogens with one attached hydrogen (secondary N) is 1. The van der Waals surface area contributed by atoms with Gasteiger partial charge in [-0.1, -0.05) is 111 Å². The molecule has 0 saturated carbocycles. The minimum absolute atomic E-state index is 0.180. The third-order valence-corrected chi connectivity index (χ3v) is 17.8. The monoisotopic (exact) mass is 840 g/mol. The molecule has 0 bridgehead atoms. The Morgan fingerprint density at radius 3 is 2.25 bits per heavy atom. The topological polar surface area (TPSA) is 99.2 Å². The van der Waals surface area contributed by atoms with Crippen LogP contribution in [0.3, 0.4) is 0 Å². The van der Waals surface area contributed by atoms with Gasteiger partial charge in [-0.25, -0.2) is 4.98 Å². The second-order valence-corrected chi connectivity index (χ2v) is 24.2. The first-order valence-electron chi connectivity index (χ1n) is 20.5. The fourth-order valence-corrected chi connectivity index (χ4v) is 14.1. The summed E-state index contributed by atoms with van der Waals surface area (Å²) in [4.78, 5) is 21.3. The number of benzene rings is 4. The first kappa shape index (κ1) is 43.2. The van der Waals surface area contributed by atoms with Gasteiger partial charge in [0.15, 0.2) is 11.5 Å². The Morgan fingerprint density at radius 2 is 1.60 bits per heavy atom. The van der Waals surface area contributed by atoms with Crippen molar-refractivity contribution in [3.8, 4) is 34.6 Å². The molecule has 0 radical (unpaired) electrons. The lowest BCUT2D eigenvalue weighted by Gasteiger charge is -2.43. The summed E-state index contributed by atoms with van der Waals surface area (Å²) in [5.41, 5.74) is 5.43. The Kier molecular flexibility index (Phi) is 12.9. The molecule has 1 amide bonds. The molecular formula is C49H56N4O5SSi. The molecule has 0 spiro atoms. The van der Waals surface area contributed by atoms with Crippen molar-refractivity contribution in [2.45, 2.75) is 76.9 Å². The number of hydrogen-bond acceptors (Lipinski definition) is 8. The summed E-state index contributed by atoms with van der Waals surface area (Å²) in [6.07, 6.45) is 0.561. The second kappa shape index (κ2) is 18.0. The molecule has 60 heavy (non-hydrogen) atoms. The summed E-state index contributed by atoms with van der Waals surface area (Å²) in [6, 6.07) is 36.5. The highest BCUT2D eigenvalue weighted by atomic mass is 32.2. The molecule has 11 heteroatoms. The first-order chi connectivity index (χ1) is 28.7. The van der Waals surface area contributed by atoms with E-state index in [9.17, 15) is 9.35 Å². The lowest BCUT2D eigenvalue weighted by Crippen LogP contribution is -2.66. The highest BCUT2D eigenvalue weighted by Crippen LogP contribution is 2.46. The molecule has 0 unspecified atom stereocenters. The van der Waals surface area contributed by atoms with Crippen molar-refractivity contribution < 1.29 is 23.2 Å². The number of nitrogens with zero attached hydrogens (tertiary/aromatic N) is 3. The van der Waals surface area contributed by atoms with Crippen LogP contribution in [0.25, 0.3) is 11.3 Å². The number of hydrogen-bond donors (Lipinski definition) is 1. The molecule has 1 aromatic heterocycles. The van der Waals surface area contributed by atoms with Crippen molar-refractivity contribution in [2.24, 2.45) is 0 Å². The second-order valence-electron chi connectivity index (χ2n) is 17.7. The van der Waals surface area contributed by atoms with Crippen LogP contribution in [0, 0.1) is 11.8 Å². The molecule has 312 valence electrons. The highest BCUT2D eigenvalue weighted by molar-refractivity contribution is 7.90. The molecule has 2 atom stereocenters. The van der Waals surface area contributed by atoms with Crippen LogP contribution in [0.1, 0.15) is 86.7 Å². The number of carbonyl (C=O) groups excluding carboxylic acids is 1. The predicted molar refractivity (Wildman–Crippen MR) is 243 cm³/mol. The summed E-state index contributed by atoms with van der Waals surface area (Å²) in [6.45, 7) is 14.7. The fraction of sp³-hybridized carbons (Fsp3) is 0.347. The predicted octanol–water partition coefficient (Wildman–Crippen LogP) is 7.61. The van der Waals surface area contributed by atoms with Crippen molar-refractivity contribution in [2.75, 3.05) is 34.0 Å². The third-order valence-electron chi connectivity index (χ3n) is 10.9. The third kappa shape index (κ3) is 9.20. The Morgan fingerprint density at radius 1 is 0.917 bits per heavy atom. The minimum atomic E-state index is -2.87. The normalized spacial score (nSPS) is 15.7. The van der Waals surface area contributed by atoms with Gasteiger partial charge < -0.3 is 23.8 Å². The van der Waals surface area contributed by atoms with Gasteiger partial charge in [0.25, 0.3) is 14.2 Å². The zero-order valence-corrected chi connectivity index (χ0v) is 37.8. The Balaban J connectivity index is 1.30. The van der Waals surface area contributed by atoms with Crippen molar-refractivity contribution in [1.29, 1.82) is 0 Å². The van der Waals surface area contributed by atoms with E-state index in [1.165, 1.54) is 10.4 Å². The highest BCUT2D eigenvalue weighted by Gasteiger charge is 2.51. The van der Waals surface area contributed by atoms with Crippen LogP contribution >= 0.6 is 0 Å². The number of carbonyl (C=O) groups is 1. The van der Waals surface area contributed by atoms with E-state index >= 15 is 0 Å². The number of fused-ring (bicyclic) bond motifs is 2. The number of amides is 1. The summed E-state index contributed by atoms with van der Waals surface area (Å²) in [5, 5.41) is 5.28. The standard InChI is InChI=1S/C49H56N4O5SSi/c1-48(2,3)59(55)53-33-38-31-41(47(54)50-32-36-24-25-43-44(30-36)57-34-56-43)51-46(37-19-15-17-35(29-37)18-16-27-52(7)8)45(38)42(53)26-28-58-60(49(4,5)6,39-20-11-9-12-21-39)40-22-13-10-14-23-40/h9-15,17,19-25,29-31,42H,26-28,32-34H2,1-8H3,(H,50,54)/t42-,59-/m1/s1. The fourth-order valence-electron chi connectivity index (χ4n) is 8.14. The van der Waals surface area contributed by atoms with E-state index in [-0.39, 0.29) is 30.3 Å². The lowest BCUT2D eigenvalue weighted by molar-refractivity contribution is 0.0945. The molecule has 0 fully saturated rings. The molecule has 0 aliphatic carbocycles. The summed E-state index contributed by atoms with van der Waals surface area (Å²) in [7, 11) is 1.12. The molecule has 0 saturated heterocycles. The van der Waals surface area contributed by atoms with Gasteiger partial charge >= 0.3 is 0 Å². The van der Waals surface area contributed by atoms with Gasteiger partial charge in [-0.05, 0) is 98.2 Å². The zero-order chi connectivity index (χ0) is 42.7. The minimum Gasteiger partial charge on any atom is -0.597 e. The van der Waals surface area contributed by atoms with E-state index < -0.39 is 24.4 Å². The maximum Gasteiger partial charge on any atom is 0.270 e. The molecule has 4 aromatic carbocycles. The van der Waals surface area contributed by atoms with Crippen LogP contribution in [-0.4, -0.2) is 71.8 Å². The maximum atomic E-state index is 14.6. The zero-order valence-electron chi connectivity index (χ0n) is 36.0. The number of pyridine rings is 1. The molecule has 3 heterocycles. The van der Waals surface area contributed by atoms with Crippen LogP contribution < -0.4 is 25.2 Å². The van der Waals surface area contributed by atoms with E-state index in [0.717, 1.165) is 27.8 Å². The Hall–Kier alpha value is -4.93. The van der Waals surface area contributed by atoms with E-state index in [1.807, 2.05) is 88.3 Å². The van der Waals surface area contributed by atoms with Gasteiger partial charge in [0, 0.05) is 41.2 Å². The van der Waals surface area contributed by atoms with Crippen molar-refractivity contribution in [3.63, 3.8) is 0 Å². The van der Waals surface area contributed by atoms with Crippen molar-refractivity contribution >= 4 is 36.0 Å². The van der Waals surface area contributed by atoms with Gasteiger partial charge in [0.2, 0.25) is 6.79 Å². The van der Waals surface area contributed by atoms with Gasteiger partial charge in [-0.2, -0.15) is 0 Å². The molecule has 1 N–H and O–H groups in total. The molecule has 5 aromatic rings. The lowest BCUT2D eigenvalue weighted by atomic mass is 9.95. The molecule has 2 aliphatic heterocycles. The quantitative estimate of drug-likeness (QED) is 0.0780. The van der Waals surface area contributed by atoms with Gasteiger partial charge in [0.1, 0.15) is 10.4 Å². The van der Waals surface area contributed by atoms with E-state index in [2.05, 4.69) is 103 Å². The van der Waals surface area contributed by atoms with E-state index in [0.29, 0.717) is 49.0 Å².